The standard InChI is InChI=1S/C11H19N3OS.ClH/c1-9-8-13-11(16-9)14-10(15)6-4-2-3-5-7-12;/h8H,2-7,12H2,1H3,(H,13,14,15);1H. The van der Waals surface area contributed by atoms with Gasteiger partial charge in [-0.1, -0.05) is 12.8 Å². The second-order valence-corrected chi connectivity index (χ2v) is 5.01. The molecule has 0 fully saturated rings. The van der Waals surface area contributed by atoms with Crippen molar-refractivity contribution < 1.29 is 4.79 Å². The number of rotatable bonds is 7. The molecule has 0 saturated carbocycles. The maximum atomic E-state index is 11.5. The summed E-state index contributed by atoms with van der Waals surface area (Å²) in [6.07, 6.45) is 6.50. The van der Waals surface area contributed by atoms with Crippen LogP contribution in [0.3, 0.4) is 0 Å². The molecule has 0 aliphatic rings. The number of nitrogens with two attached hydrogens (primary N) is 1. The molecule has 0 unspecified atom stereocenters. The average Bonchev–Trinajstić information content (AvgIpc) is 2.63. The molecule has 1 amide bonds. The quantitative estimate of drug-likeness (QED) is 0.753. The molecule has 1 rings (SSSR count). The van der Waals surface area contributed by atoms with Gasteiger partial charge in [0.05, 0.1) is 0 Å². The second-order valence-electron chi connectivity index (χ2n) is 3.78. The Morgan fingerprint density at radius 2 is 2.12 bits per heavy atom. The van der Waals surface area contributed by atoms with Crippen LogP contribution in [-0.4, -0.2) is 17.4 Å². The summed E-state index contributed by atoms with van der Waals surface area (Å²) in [5, 5.41) is 3.50. The van der Waals surface area contributed by atoms with Gasteiger partial charge in [0.1, 0.15) is 0 Å². The minimum Gasteiger partial charge on any atom is -0.330 e. The Morgan fingerprint density at radius 1 is 1.41 bits per heavy atom. The Kier molecular flexibility index (Phi) is 9.03. The number of anilines is 1. The summed E-state index contributed by atoms with van der Waals surface area (Å²) >= 11 is 1.50. The number of unbranched alkanes of at least 4 members (excludes halogenated alkanes) is 3. The maximum Gasteiger partial charge on any atom is 0.226 e. The number of halogens is 1. The van der Waals surface area contributed by atoms with Crippen LogP contribution in [0.2, 0.25) is 0 Å². The highest BCUT2D eigenvalue weighted by Gasteiger charge is 2.04. The molecule has 17 heavy (non-hydrogen) atoms. The van der Waals surface area contributed by atoms with Gasteiger partial charge in [0.2, 0.25) is 5.91 Å². The fourth-order valence-electron chi connectivity index (χ4n) is 1.38. The number of nitrogens with one attached hydrogen (secondary N) is 1. The lowest BCUT2D eigenvalue weighted by molar-refractivity contribution is -0.116. The summed E-state index contributed by atoms with van der Waals surface area (Å²) in [4.78, 5) is 16.7. The van der Waals surface area contributed by atoms with Crippen LogP contribution < -0.4 is 11.1 Å². The van der Waals surface area contributed by atoms with Crippen molar-refractivity contribution in [1.82, 2.24) is 4.98 Å². The van der Waals surface area contributed by atoms with E-state index < -0.39 is 0 Å². The molecule has 4 nitrogen and oxygen atoms in total. The van der Waals surface area contributed by atoms with E-state index in [-0.39, 0.29) is 18.3 Å². The molecule has 0 atom stereocenters. The van der Waals surface area contributed by atoms with Gasteiger partial charge in [0.25, 0.3) is 0 Å². The number of hydrogen-bond donors (Lipinski definition) is 2. The SMILES string of the molecule is Cc1cnc(NC(=O)CCCCCCN)s1.Cl. The highest BCUT2D eigenvalue weighted by molar-refractivity contribution is 7.15. The molecule has 0 aliphatic heterocycles. The molecule has 0 radical (unpaired) electrons. The van der Waals surface area contributed by atoms with E-state index >= 15 is 0 Å². The van der Waals surface area contributed by atoms with Crippen LogP contribution in [0.1, 0.15) is 37.0 Å². The summed E-state index contributed by atoms with van der Waals surface area (Å²) in [5.74, 6) is 0.0575. The van der Waals surface area contributed by atoms with Gasteiger partial charge in [0, 0.05) is 17.5 Å². The van der Waals surface area contributed by atoms with Crippen molar-refractivity contribution in [2.75, 3.05) is 11.9 Å². The number of aromatic nitrogens is 1. The summed E-state index contributed by atoms with van der Waals surface area (Å²) < 4.78 is 0. The molecule has 0 saturated heterocycles. The number of nitrogens with zero attached hydrogens (tertiary/aromatic N) is 1. The van der Waals surface area contributed by atoms with Crippen molar-refractivity contribution in [3.8, 4) is 0 Å². The Balaban J connectivity index is 0.00000256. The molecule has 0 spiro atoms. The van der Waals surface area contributed by atoms with E-state index in [1.165, 1.54) is 11.3 Å². The molecule has 0 aromatic carbocycles. The monoisotopic (exact) mass is 277 g/mol. The summed E-state index contributed by atoms with van der Waals surface area (Å²) in [7, 11) is 0. The van der Waals surface area contributed by atoms with E-state index in [0.29, 0.717) is 11.6 Å². The fraction of sp³-hybridized carbons (Fsp3) is 0.636. The van der Waals surface area contributed by atoms with Crippen LogP contribution in [0.15, 0.2) is 6.20 Å². The van der Waals surface area contributed by atoms with Gasteiger partial charge < -0.3 is 11.1 Å². The topological polar surface area (TPSA) is 68.0 Å². The molecule has 6 heteroatoms. The third-order valence-corrected chi connectivity index (χ3v) is 3.05. The largest absolute Gasteiger partial charge is 0.330 e. The predicted molar refractivity (Wildman–Crippen MR) is 74.9 cm³/mol. The van der Waals surface area contributed by atoms with Crippen LogP contribution in [-0.2, 0) is 4.79 Å². The first-order valence-corrected chi connectivity index (χ1v) is 6.46. The Hall–Kier alpha value is -0.650. The number of carbonyl (C=O) groups excluding carboxylic acids is 1. The average molecular weight is 278 g/mol. The molecule has 3 N–H and O–H groups in total. The van der Waals surface area contributed by atoms with Crippen LogP contribution in [0.25, 0.3) is 0 Å². The van der Waals surface area contributed by atoms with Crippen molar-refractivity contribution in [3.63, 3.8) is 0 Å². The molecule has 1 aromatic rings. The van der Waals surface area contributed by atoms with Gasteiger partial charge in [-0.05, 0) is 26.3 Å². The van der Waals surface area contributed by atoms with Gasteiger partial charge >= 0.3 is 0 Å². The first-order chi connectivity index (χ1) is 7.72. The van der Waals surface area contributed by atoms with E-state index in [1.807, 2.05) is 6.92 Å². The summed E-state index contributed by atoms with van der Waals surface area (Å²) in [6, 6.07) is 0. The van der Waals surface area contributed by atoms with Crippen molar-refractivity contribution in [3.05, 3.63) is 11.1 Å². The molecular formula is C11H20ClN3OS. The lowest BCUT2D eigenvalue weighted by Crippen LogP contribution is -2.10. The number of hydrogen-bond acceptors (Lipinski definition) is 4. The molecule has 98 valence electrons. The Bertz CT molecular complexity index is 330. The predicted octanol–water partition coefficient (Wildman–Crippen LogP) is 2.72. The molecule has 1 aromatic heterocycles. The number of thiazole rings is 1. The molecule has 0 bridgehead atoms. The summed E-state index contributed by atoms with van der Waals surface area (Å²) in [5.41, 5.74) is 5.39. The minimum absolute atomic E-state index is 0. The fourth-order valence-corrected chi connectivity index (χ4v) is 2.06. The van der Waals surface area contributed by atoms with Crippen molar-refractivity contribution in [2.45, 2.75) is 39.0 Å². The smallest absolute Gasteiger partial charge is 0.226 e. The number of amides is 1. The van der Waals surface area contributed by atoms with Crippen LogP contribution >= 0.6 is 23.7 Å². The lowest BCUT2D eigenvalue weighted by atomic mass is 10.1. The van der Waals surface area contributed by atoms with E-state index in [9.17, 15) is 4.79 Å². The van der Waals surface area contributed by atoms with Gasteiger partial charge in [-0.2, -0.15) is 0 Å². The van der Waals surface area contributed by atoms with Gasteiger partial charge in [-0.25, -0.2) is 4.98 Å². The zero-order chi connectivity index (χ0) is 11.8. The minimum atomic E-state index is 0. The third-order valence-electron chi connectivity index (χ3n) is 2.23. The van der Waals surface area contributed by atoms with Crippen LogP contribution in [0.5, 0.6) is 0 Å². The number of carbonyl (C=O) groups is 1. The summed E-state index contributed by atoms with van der Waals surface area (Å²) in [6.45, 7) is 2.71. The van der Waals surface area contributed by atoms with Gasteiger partial charge in [-0.3, -0.25) is 4.79 Å². The van der Waals surface area contributed by atoms with Gasteiger partial charge in [-0.15, -0.1) is 23.7 Å². The van der Waals surface area contributed by atoms with Crippen LogP contribution in [0.4, 0.5) is 5.13 Å². The molecule has 0 aliphatic carbocycles. The van der Waals surface area contributed by atoms with E-state index in [1.54, 1.807) is 6.20 Å². The van der Waals surface area contributed by atoms with Crippen molar-refractivity contribution in [1.29, 1.82) is 0 Å². The molecule has 1 heterocycles. The third kappa shape index (κ3) is 7.31. The van der Waals surface area contributed by atoms with Crippen molar-refractivity contribution >= 4 is 34.8 Å². The van der Waals surface area contributed by atoms with Crippen LogP contribution in [0, 0.1) is 6.92 Å². The molecular weight excluding hydrogens is 258 g/mol. The van der Waals surface area contributed by atoms with E-state index in [0.717, 1.165) is 37.1 Å². The normalized spacial score (nSPS) is 9.76. The van der Waals surface area contributed by atoms with Gasteiger partial charge in [0.15, 0.2) is 5.13 Å². The lowest BCUT2D eigenvalue weighted by Gasteiger charge is -2.01. The Morgan fingerprint density at radius 3 is 2.71 bits per heavy atom. The number of aryl methyl sites for hydroxylation is 1. The van der Waals surface area contributed by atoms with E-state index in [2.05, 4.69) is 10.3 Å². The highest BCUT2D eigenvalue weighted by atomic mass is 35.5. The first kappa shape index (κ1) is 16.4. The zero-order valence-electron chi connectivity index (χ0n) is 10.1. The highest BCUT2D eigenvalue weighted by Crippen LogP contribution is 2.16. The maximum absolute atomic E-state index is 11.5. The zero-order valence-corrected chi connectivity index (χ0v) is 11.7. The van der Waals surface area contributed by atoms with E-state index in [4.69, 9.17) is 5.73 Å². The second kappa shape index (κ2) is 9.39. The Labute approximate surface area is 112 Å². The van der Waals surface area contributed by atoms with Crippen molar-refractivity contribution in [2.24, 2.45) is 5.73 Å². The first-order valence-electron chi connectivity index (χ1n) is 5.64.